The summed E-state index contributed by atoms with van der Waals surface area (Å²) in [7, 11) is 3.18. The number of methoxy groups -OCH3 is 2. The molecule has 0 heterocycles. The lowest BCUT2D eigenvalue weighted by Gasteiger charge is -2.40. The van der Waals surface area contributed by atoms with Crippen molar-refractivity contribution in [3.05, 3.63) is 41.0 Å². The number of benzene rings is 1. The second-order valence-electron chi connectivity index (χ2n) is 7.87. The van der Waals surface area contributed by atoms with Gasteiger partial charge in [0.1, 0.15) is 5.75 Å². The lowest BCUT2D eigenvalue weighted by molar-refractivity contribution is 0.211. The Hall–Kier alpha value is -1.90. The molecule has 1 aromatic rings. The molecular formula is C23H34O3. The smallest absolute Gasteiger partial charge is 0.164 e. The van der Waals surface area contributed by atoms with E-state index in [2.05, 4.69) is 39.8 Å². The highest BCUT2D eigenvalue weighted by molar-refractivity contribution is 5.51. The number of aromatic hydroxyl groups is 1. The molecule has 0 amide bonds. The fourth-order valence-corrected chi connectivity index (χ4v) is 3.84. The predicted molar refractivity (Wildman–Crippen MR) is 108 cm³/mol. The Morgan fingerprint density at radius 3 is 2.65 bits per heavy atom. The van der Waals surface area contributed by atoms with Crippen LogP contribution in [0.3, 0.4) is 0 Å². The molecule has 26 heavy (non-hydrogen) atoms. The van der Waals surface area contributed by atoms with Crippen LogP contribution in [-0.2, 0) is 6.42 Å². The van der Waals surface area contributed by atoms with Crippen LogP contribution < -0.4 is 9.47 Å². The highest BCUT2D eigenvalue weighted by atomic mass is 16.5. The lowest BCUT2D eigenvalue weighted by Crippen LogP contribution is -2.29. The van der Waals surface area contributed by atoms with E-state index in [1.165, 1.54) is 24.8 Å². The molecule has 144 valence electrons. The van der Waals surface area contributed by atoms with Gasteiger partial charge in [0.25, 0.3) is 0 Å². The summed E-state index contributed by atoms with van der Waals surface area (Å²) in [5.41, 5.74) is 4.03. The fraction of sp³-hybridized carbons (Fsp3) is 0.565. The van der Waals surface area contributed by atoms with Gasteiger partial charge in [0.05, 0.1) is 14.2 Å². The third-order valence-corrected chi connectivity index (χ3v) is 6.33. The topological polar surface area (TPSA) is 38.7 Å². The predicted octanol–water partition coefficient (Wildman–Crippen LogP) is 6.06. The zero-order valence-electron chi connectivity index (χ0n) is 17.2. The van der Waals surface area contributed by atoms with Crippen molar-refractivity contribution in [3.8, 4) is 17.2 Å². The summed E-state index contributed by atoms with van der Waals surface area (Å²) in [6, 6.07) is 3.58. The summed E-state index contributed by atoms with van der Waals surface area (Å²) in [5, 5.41) is 10.3. The maximum absolute atomic E-state index is 10.3. The minimum atomic E-state index is 0.198. The van der Waals surface area contributed by atoms with Crippen molar-refractivity contribution in [1.82, 2.24) is 0 Å². The molecule has 0 radical (unpaired) electrons. The molecule has 1 aromatic carbocycles. The van der Waals surface area contributed by atoms with E-state index in [-0.39, 0.29) is 5.75 Å². The molecule has 1 N–H and O–H groups in total. The van der Waals surface area contributed by atoms with Crippen LogP contribution in [0.15, 0.2) is 35.4 Å². The SMILES string of the molecule is COc1cc(CC=C(C)CC[C@@]2(C)C(C)=CCC[C@H]2C)c(O)c(OC)c1. The van der Waals surface area contributed by atoms with E-state index in [0.29, 0.717) is 23.3 Å². The first-order valence-electron chi connectivity index (χ1n) is 9.58. The Kier molecular flexibility index (Phi) is 6.80. The highest BCUT2D eigenvalue weighted by Crippen LogP contribution is 2.45. The average molecular weight is 359 g/mol. The number of phenols is 1. The van der Waals surface area contributed by atoms with Gasteiger partial charge in [0.15, 0.2) is 11.5 Å². The van der Waals surface area contributed by atoms with Crippen molar-refractivity contribution < 1.29 is 14.6 Å². The van der Waals surface area contributed by atoms with Crippen LogP contribution in [0.2, 0.25) is 0 Å². The van der Waals surface area contributed by atoms with Crippen LogP contribution in [0.1, 0.15) is 58.9 Å². The van der Waals surface area contributed by atoms with Crippen LogP contribution in [0.25, 0.3) is 0 Å². The summed E-state index contributed by atoms with van der Waals surface area (Å²) in [5.74, 6) is 2.08. The van der Waals surface area contributed by atoms with Crippen molar-refractivity contribution in [2.24, 2.45) is 11.3 Å². The Labute approximate surface area is 158 Å². The quantitative estimate of drug-likeness (QED) is 0.602. The standard InChI is InChI=1S/C23H34O3/c1-16(12-13-23(4)17(2)8-7-9-18(23)3)10-11-19-14-20(25-5)15-21(26-6)22(19)24/h8,10,14-15,18,24H,7,9,11-13H2,1-6H3/t18-,23+/m1/s1. The van der Waals surface area contributed by atoms with Gasteiger partial charge in [-0.2, -0.15) is 0 Å². The van der Waals surface area contributed by atoms with E-state index in [4.69, 9.17) is 9.47 Å². The molecule has 3 heteroatoms. The summed E-state index contributed by atoms with van der Waals surface area (Å²) < 4.78 is 10.5. The highest BCUT2D eigenvalue weighted by Gasteiger charge is 2.34. The fourth-order valence-electron chi connectivity index (χ4n) is 3.84. The first kappa shape index (κ1) is 20.4. The average Bonchev–Trinajstić information content (AvgIpc) is 2.63. The Bertz CT molecular complexity index is 687. The molecule has 0 spiro atoms. The lowest BCUT2D eigenvalue weighted by atomic mass is 9.65. The van der Waals surface area contributed by atoms with Crippen molar-refractivity contribution >= 4 is 0 Å². The molecule has 2 atom stereocenters. The van der Waals surface area contributed by atoms with Gasteiger partial charge in [0, 0.05) is 11.6 Å². The van der Waals surface area contributed by atoms with Crippen LogP contribution in [0.5, 0.6) is 17.2 Å². The summed E-state index contributed by atoms with van der Waals surface area (Å²) in [6.07, 6.45) is 10.1. The molecule has 0 aliphatic heterocycles. The molecule has 1 aliphatic carbocycles. The van der Waals surface area contributed by atoms with Gasteiger partial charge in [-0.25, -0.2) is 0 Å². The summed E-state index contributed by atoms with van der Waals surface area (Å²) in [6.45, 7) is 9.27. The molecule has 0 unspecified atom stereocenters. The van der Waals surface area contributed by atoms with Gasteiger partial charge < -0.3 is 14.6 Å². The number of hydrogen-bond acceptors (Lipinski definition) is 3. The molecule has 1 aliphatic rings. The first-order chi connectivity index (χ1) is 12.3. The van der Waals surface area contributed by atoms with Gasteiger partial charge in [-0.1, -0.05) is 37.1 Å². The normalized spacial score (nSPS) is 23.5. The van der Waals surface area contributed by atoms with Crippen LogP contribution in [0, 0.1) is 11.3 Å². The third kappa shape index (κ3) is 4.44. The number of hydrogen-bond donors (Lipinski definition) is 1. The van der Waals surface area contributed by atoms with Crippen LogP contribution in [0.4, 0.5) is 0 Å². The number of phenolic OH excluding ortho intramolecular Hbond substituents is 1. The van der Waals surface area contributed by atoms with Gasteiger partial charge in [-0.05, 0) is 63.4 Å². The molecule has 0 aromatic heterocycles. The number of rotatable bonds is 7. The molecule has 0 fully saturated rings. The molecule has 0 saturated heterocycles. The first-order valence-corrected chi connectivity index (χ1v) is 9.58. The second-order valence-corrected chi connectivity index (χ2v) is 7.87. The van der Waals surface area contributed by atoms with Gasteiger partial charge in [0.2, 0.25) is 0 Å². The van der Waals surface area contributed by atoms with E-state index in [0.717, 1.165) is 17.9 Å². The van der Waals surface area contributed by atoms with Gasteiger partial charge in [-0.3, -0.25) is 0 Å². The maximum atomic E-state index is 10.3. The zero-order chi connectivity index (χ0) is 19.3. The van der Waals surface area contributed by atoms with E-state index >= 15 is 0 Å². The Morgan fingerprint density at radius 2 is 2.04 bits per heavy atom. The minimum Gasteiger partial charge on any atom is -0.504 e. The van der Waals surface area contributed by atoms with Gasteiger partial charge >= 0.3 is 0 Å². The minimum absolute atomic E-state index is 0.198. The molecular weight excluding hydrogens is 324 g/mol. The summed E-state index contributed by atoms with van der Waals surface area (Å²) in [4.78, 5) is 0. The van der Waals surface area contributed by atoms with Crippen LogP contribution >= 0.6 is 0 Å². The Balaban J connectivity index is 2.07. The molecule has 3 nitrogen and oxygen atoms in total. The van der Waals surface area contributed by atoms with Crippen molar-refractivity contribution in [2.75, 3.05) is 14.2 Å². The zero-order valence-corrected chi connectivity index (χ0v) is 17.2. The summed E-state index contributed by atoms with van der Waals surface area (Å²) >= 11 is 0. The van der Waals surface area contributed by atoms with E-state index in [9.17, 15) is 5.11 Å². The number of ether oxygens (including phenoxy) is 2. The van der Waals surface area contributed by atoms with E-state index < -0.39 is 0 Å². The van der Waals surface area contributed by atoms with E-state index in [1.807, 2.05) is 6.07 Å². The molecule has 0 saturated carbocycles. The largest absolute Gasteiger partial charge is 0.504 e. The maximum Gasteiger partial charge on any atom is 0.164 e. The molecule has 2 rings (SSSR count). The van der Waals surface area contributed by atoms with E-state index in [1.54, 1.807) is 25.9 Å². The van der Waals surface area contributed by atoms with Crippen molar-refractivity contribution in [2.45, 2.75) is 59.8 Å². The van der Waals surface area contributed by atoms with Crippen molar-refractivity contribution in [1.29, 1.82) is 0 Å². The number of allylic oxidation sites excluding steroid dienone is 4. The van der Waals surface area contributed by atoms with Crippen molar-refractivity contribution in [3.63, 3.8) is 0 Å². The van der Waals surface area contributed by atoms with Gasteiger partial charge in [-0.15, -0.1) is 0 Å². The second kappa shape index (κ2) is 8.66. The monoisotopic (exact) mass is 358 g/mol. The third-order valence-electron chi connectivity index (χ3n) is 6.33. The molecule has 0 bridgehead atoms. The van der Waals surface area contributed by atoms with Crippen LogP contribution in [-0.4, -0.2) is 19.3 Å². The Morgan fingerprint density at radius 1 is 1.31 bits per heavy atom.